The summed E-state index contributed by atoms with van der Waals surface area (Å²) in [5.74, 6) is -3.24. The van der Waals surface area contributed by atoms with E-state index in [1.165, 1.54) is 23.1 Å². The number of benzene rings is 3. The summed E-state index contributed by atoms with van der Waals surface area (Å²) in [6.45, 7) is -0.0350. The quantitative estimate of drug-likeness (QED) is 0.203. The summed E-state index contributed by atoms with van der Waals surface area (Å²) in [6, 6.07) is 18.1. The van der Waals surface area contributed by atoms with Gasteiger partial charge in [-0.15, -0.1) is 11.6 Å². The topological polar surface area (TPSA) is 80.8 Å². The van der Waals surface area contributed by atoms with Gasteiger partial charge in [-0.1, -0.05) is 41.9 Å². The van der Waals surface area contributed by atoms with Gasteiger partial charge >= 0.3 is 5.97 Å². The normalized spacial score (nSPS) is 15.9. The van der Waals surface area contributed by atoms with Crippen molar-refractivity contribution in [3.05, 3.63) is 100 Å². The minimum Gasteiger partial charge on any atom is -0.454 e. The van der Waals surface area contributed by atoms with E-state index in [1.807, 2.05) is 0 Å². The van der Waals surface area contributed by atoms with Crippen molar-refractivity contribution in [2.24, 2.45) is 5.92 Å². The molecule has 1 amide bonds. The van der Waals surface area contributed by atoms with Crippen LogP contribution in [0.5, 0.6) is 0 Å². The summed E-state index contributed by atoms with van der Waals surface area (Å²) in [7, 11) is 0. The van der Waals surface area contributed by atoms with Crippen LogP contribution < -0.4 is 4.90 Å². The first-order valence-corrected chi connectivity index (χ1v) is 12.5. The molecule has 0 spiro atoms. The first-order valence-electron chi connectivity index (χ1n) is 11.5. The number of ether oxygens (including phenoxy) is 1. The number of nitrogens with zero attached hydrogens (tertiary/aromatic N) is 1. The van der Waals surface area contributed by atoms with Crippen LogP contribution in [0.1, 0.15) is 39.1 Å². The standard InChI is InChI=1S/C28H22Cl2FNO5/c29-13-12-24(27(35)18-6-9-21(31)10-7-18)37-28(36)19-14-25(33)32(16-19)23-11-8-20(30)15-22(23)26(34)17-4-2-1-3-5-17/h1-11,15,19,24H,12-14,16H2/t19-,24+/m1/s1. The Hall–Kier alpha value is -3.55. The third-order valence-electron chi connectivity index (χ3n) is 6.04. The van der Waals surface area contributed by atoms with Gasteiger partial charge in [0, 0.05) is 47.0 Å². The Balaban J connectivity index is 1.53. The van der Waals surface area contributed by atoms with Crippen molar-refractivity contribution in [3.8, 4) is 0 Å². The van der Waals surface area contributed by atoms with E-state index in [4.69, 9.17) is 27.9 Å². The van der Waals surface area contributed by atoms with E-state index in [1.54, 1.807) is 42.5 Å². The van der Waals surface area contributed by atoms with Gasteiger partial charge < -0.3 is 9.64 Å². The fourth-order valence-corrected chi connectivity index (χ4v) is 4.52. The maximum Gasteiger partial charge on any atom is 0.312 e. The maximum atomic E-state index is 13.2. The lowest BCUT2D eigenvalue weighted by molar-refractivity contribution is -0.151. The summed E-state index contributed by atoms with van der Waals surface area (Å²) in [5, 5.41) is 0.328. The first kappa shape index (κ1) is 26.5. The third-order valence-corrected chi connectivity index (χ3v) is 6.49. The average molecular weight is 542 g/mol. The fourth-order valence-electron chi connectivity index (χ4n) is 4.15. The molecule has 6 nitrogen and oxygen atoms in total. The van der Waals surface area contributed by atoms with Gasteiger partial charge in [-0.05, 0) is 42.5 Å². The Morgan fingerprint density at radius 1 is 1.00 bits per heavy atom. The van der Waals surface area contributed by atoms with Crippen molar-refractivity contribution in [2.75, 3.05) is 17.3 Å². The minimum absolute atomic E-state index is 0.0350. The molecule has 3 aromatic carbocycles. The number of anilines is 1. The summed E-state index contributed by atoms with van der Waals surface area (Å²) >= 11 is 12.0. The molecular formula is C28H22Cl2FNO5. The van der Waals surface area contributed by atoms with E-state index < -0.39 is 29.6 Å². The SMILES string of the molecule is O=C(c1ccccc1)c1cc(Cl)ccc1N1C[C@H](C(=O)O[C@@H](CCCl)C(=O)c2ccc(F)cc2)CC1=O. The molecule has 1 heterocycles. The third kappa shape index (κ3) is 6.06. The molecule has 37 heavy (non-hydrogen) atoms. The van der Waals surface area contributed by atoms with E-state index >= 15 is 0 Å². The van der Waals surface area contributed by atoms with Gasteiger partial charge in [0.25, 0.3) is 0 Å². The summed E-state index contributed by atoms with van der Waals surface area (Å²) < 4.78 is 18.7. The molecule has 190 valence electrons. The fraction of sp³-hybridized carbons (Fsp3) is 0.214. The van der Waals surface area contributed by atoms with E-state index in [0.717, 1.165) is 12.1 Å². The Morgan fingerprint density at radius 2 is 1.70 bits per heavy atom. The number of ketones is 2. The van der Waals surface area contributed by atoms with Gasteiger partial charge in [0.2, 0.25) is 11.7 Å². The zero-order valence-corrected chi connectivity index (χ0v) is 21.0. The second kappa shape index (κ2) is 11.7. The molecule has 0 saturated carbocycles. The van der Waals surface area contributed by atoms with Crippen molar-refractivity contribution in [1.29, 1.82) is 0 Å². The molecule has 0 radical (unpaired) electrons. The smallest absolute Gasteiger partial charge is 0.312 e. The predicted molar refractivity (Wildman–Crippen MR) is 138 cm³/mol. The number of halogens is 3. The minimum atomic E-state index is -1.18. The van der Waals surface area contributed by atoms with Crippen LogP contribution in [0.4, 0.5) is 10.1 Å². The molecule has 0 N–H and O–H groups in total. The maximum absolute atomic E-state index is 13.2. The molecule has 0 bridgehead atoms. The van der Waals surface area contributed by atoms with Gasteiger partial charge in [0.1, 0.15) is 5.82 Å². The Morgan fingerprint density at radius 3 is 2.38 bits per heavy atom. The van der Waals surface area contributed by atoms with Crippen LogP contribution in [0.2, 0.25) is 5.02 Å². The van der Waals surface area contributed by atoms with Crippen LogP contribution in [-0.2, 0) is 14.3 Å². The lowest BCUT2D eigenvalue weighted by atomic mass is 10.0. The van der Waals surface area contributed by atoms with Crippen LogP contribution >= 0.6 is 23.2 Å². The van der Waals surface area contributed by atoms with Gasteiger partial charge in [0.05, 0.1) is 11.6 Å². The second-order valence-electron chi connectivity index (χ2n) is 8.54. The molecule has 0 aromatic heterocycles. The monoisotopic (exact) mass is 541 g/mol. The van der Waals surface area contributed by atoms with Gasteiger partial charge in [0.15, 0.2) is 11.9 Å². The number of alkyl halides is 1. The number of carbonyl (C=O) groups is 4. The predicted octanol–water partition coefficient (Wildman–Crippen LogP) is 5.49. The van der Waals surface area contributed by atoms with Crippen molar-refractivity contribution >= 4 is 52.3 Å². The lowest BCUT2D eigenvalue weighted by Gasteiger charge is -2.21. The highest BCUT2D eigenvalue weighted by molar-refractivity contribution is 6.31. The largest absolute Gasteiger partial charge is 0.454 e. The number of Topliss-reactive ketones (excluding diaryl/α,β-unsaturated/α-hetero) is 1. The molecule has 0 aliphatic carbocycles. The summed E-state index contributed by atoms with van der Waals surface area (Å²) in [6.07, 6.45) is -1.27. The molecule has 0 unspecified atom stereocenters. The summed E-state index contributed by atoms with van der Waals surface area (Å²) in [5.41, 5.74) is 1.17. The molecule has 1 aliphatic heterocycles. The second-order valence-corrected chi connectivity index (χ2v) is 9.35. The van der Waals surface area contributed by atoms with Crippen molar-refractivity contribution in [1.82, 2.24) is 0 Å². The molecule has 1 saturated heterocycles. The van der Waals surface area contributed by atoms with Gasteiger partial charge in [-0.2, -0.15) is 0 Å². The average Bonchev–Trinajstić information content (AvgIpc) is 3.30. The highest BCUT2D eigenvalue weighted by Crippen LogP contribution is 2.32. The number of amides is 1. The van der Waals surface area contributed by atoms with Crippen LogP contribution in [0.15, 0.2) is 72.8 Å². The molecule has 2 atom stereocenters. The van der Waals surface area contributed by atoms with E-state index in [-0.39, 0.29) is 48.1 Å². The highest BCUT2D eigenvalue weighted by atomic mass is 35.5. The molecule has 3 aromatic rings. The Bertz CT molecular complexity index is 1330. The number of carbonyl (C=O) groups excluding carboxylic acids is 4. The molecule has 4 rings (SSSR count). The number of rotatable bonds is 9. The first-order chi connectivity index (χ1) is 17.8. The lowest BCUT2D eigenvalue weighted by Crippen LogP contribution is -2.32. The Labute approximate surface area is 222 Å². The number of hydrogen-bond acceptors (Lipinski definition) is 5. The van der Waals surface area contributed by atoms with E-state index in [9.17, 15) is 23.6 Å². The van der Waals surface area contributed by atoms with Crippen LogP contribution in [0, 0.1) is 11.7 Å². The van der Waals surface area contributed by atoms with Crippen molar-refractivity contribution < 1.29 is 28.3 Å². The van der Waals surface area contributed by atoms with Gasteiger partial charge in [-0.3, -0.25) is 19.2 Å². The van der Waals surface area contributed by atoms with Crippen molar-refractivity contribution in [2.45, 2.75) is 18.9 Å². The van der Waals surface area contributed by atoms with Crippen LogP contribution in [-0.4, -0.2) is 42.0 Å². The molecule has 9 heteroatoms. The summed E-state index contributed by atoms with van der Waals surface area (Å²) in [4.78, 5) is 53.3. The highest BCUT2D eigenvalue weighted by Gasteiger charge is 2.39. The number of hydrogen-bond donors (Lipinski definition) is 0. The molecule has 1 fully saturated rings. The van der Waals surface area contributed by atoms with Crippen LogP contribution in [0.3, 0.4) is 0 Å². The van der Waals surface area contributed by atoms with Gasteiger partial charge in [-0.25, -0.2) is 4.39 Å². The molecule has 1 aliphatic rings. The van der Waals surface area contributed by atoms with Crippen molar-refractivity contribution in [3.63, 3.8) is 0 Å². The van der Waals surface area contributed by atoms with Crippen LogP contribution in [0.25, 0.3) is 0 Å². The molecular weight excluding hydrogens is 520 g/mol. The van der Waals surface area contributed by atoms with E-state index in [2.05, 4.69) is 0 Å². The number of esters is 1. The Kier molecular flexibility index (Phi) is 8.36. The zero-order chi connectivity index (χ0) is 26.5. The van der Waals surface area contributed by atoms with E-state index in [0.29, 0.717) is 16.3 Å². The zero-order valence-electron chi connectivity index (χ0n) is 19.5.